The van der Waals surface area contributed by atoms with Gasteiger partial charge in [0.1, 0.15) is 12.1 Å². The first-order chi connectivity index (χ1) is 11.3. The minimum atomic E-state index is -1.46. The van der Waals surface area contributed by atoms with Gasteiger partial charge in [-0.05, 0) is 36.6 Å². The van der Waals surface area contributed by atoms with E-state index in [2.05, 4.69) is 5.32 Å². The molecule has 0 bridgehead atoms. The van der Waals surface area contributed by atoms with Crippen LogP contribution in [0.4, 0.5) is 0 Å². The van der Waals surface area contributed by atoms with Gasteiger partial charge in [0.25, 0.3) is 5.91 Å². The predicted molar refractivity (Wildman–Crippen MR) is 94.9 cm³/mol. The summed E-state index contributed by atoms with van der Waals surface area (Å²) in [5.74, 6) is -1.77. The van der Waals surface area contributed by atoms with E-state index in [9.17, 15) is 14.7 Å². The number of aliphatic hydroxyl groups excluding tert-OH is 1. The number of benzene rings is 1. The van der Waals surface area contributed by atoms with Crippen LogP contribution in [-0.4, -0.2) is 46.5 Å². The highest BCUT2D eigenvalue weighted by atomic mass is 32.2. The fourth-order valence-electron chi connectivity index (χ4n) is 2.38. The fourth-order valence-corrected chi connectivity index (χ4v) is 3.01. The van der Waals surface area contributed by atoms with Crippen LogP contribution in [0.2, 0.25) is 0 Å². The molecule has 0 saturated heterocycles. The van der Waals surface area contributed by atoms with Crippen LogP contribution in [0.3, 0.4) is 0 Å². The minimum Gasteiger partial charge on any atom is -0.480 e. The molecule has 6 nitrogen and oxygen atoms in total. The second-order valence-corrected chi connectivity index (χ2v) is 7.00. The van der Waals surface area contributed by atoms with Crippen molar-refractivity contribution in [1.82, 2.24) is 5.32 Å². The first-order valence-electron chi connectivity index (χ1n) is 7.85. The molecule has 24 heavy (non-hydrogen) atoms. The number of amides is 1. The van der Waals surface area contributed by atoms with E-state index in [1.54, 1.807) is 11.8 Å². The van der Waals surface area contributed by atoms with Crippen molar-refractivity contribution in [3.8, 4) is 0 Å². The molecule has 0 radical (unpaired) electrons. The van der Waals surface area contributed by atoms with Gasteiger partial charge in [0.2, 0.25) is 0 Å². The number of thioether (sulfide) groups is 1. The van der Waals surface area contributed by atoms with E-state index < -0.39 is 30.1 Å². The normalized spacial score (nSPS) is 14.9. The van der Waals surface area contributed by atoms with E-state index in [1.807, 2.05) is 44.4 Å². The summed E-state index contributed by atoms with van der Waals surface area (Å²) in [5, 5.41) is 21.7. The summed E-state index contributed by atoms with van der Waals surface area (Å²) < 4.78 is 0. The third-order valence-electron chi connectivity index (χ3n) is 3.64. The van der Waals surface area contributed by atoms with Crippen molar-refractivity contribution in [3.05, 3.63) is 29.8 Å². The summed E-state index contributed by atoms with van der Waals surface area (Å²) in [4.78, 5) is 24.4. The van der Waals surface area contributed by atoms with Crippen LogP contribution in [0.25, 0.3) is 0 Å². The zero-order chi connectivity index (χ0) is 18.3. The van der Waals surface area contributed by atoms with Gasteiger partial charge in [-0.25, -0.2) is 4.79 Å². The molecule has 0 aromatic heterocycles. The van der Waals surface area contributed by atoms with E-state index >= 15 is 0 Å². The first-order valence-corrected chi connectivity index (χ1v) is 9.07. The zero-order valence-electron chi connectivity index (χ0n) is 14.2. The molecular weight excluding hydrogens is 328 g/mol. The molecule has 0 spiro atoms. The Kier molecular flexibility index (Phi) is 8.24. The smallest absolute Gasteiger partial charge is 0.326 e. The van der Waals surface area contributed by atoms with Gasteiger partial charge in [-0.3, -0.25) is 4.79 Å². The lowest BCUT2D eigenvalue weighted by Crippen LogP contribution is -2.52. The summed E-state index contributed by atoms with van der Waals surface area (Å²) in [5.41, 5.74) is 6.90. The number of carboxylic acid groups (broad SMARTS) is 1. The molecule has 0 unspecified atom stereocenters. The predicted octanol–water partition coefficient (Wildman–Crippen LogP) is 1.25. The highest BCUT2D eigenvalue weighted by Gasteiger charge is 2.28. The van der Waals surface area contributed by atoms with E-state index in [0.29, 0.717) is 12.8 Å². The number of carbonyl (C=O) groups is 2. The quantitative estimate of drug-likeness (QED) is 0.497. The molecule has 3 atom stereocenters. The largest absolute Gasteiger partial charge is 0.480 e. The average Bonchev–Trinajstić information content (AvgIpc) is 2.53. The Morgan fingerprint density at radius 1 is 1.29 bits per heavy atom. The standard InChI is InChI=1S/C17H26N2O4S/c1-10(2)8-13(17(22)23)19-16(21)15(20)12(18)9-11-6-4-5-7-14(11)24-3/h4-7,10,12-13,15,20H,8-9,18H2,1-3H3,(H,19,21)(H,22,23)/t12-,13+,15-/m1/s1. The van der Waals surface area contributed by atoms with E-state index in [4.69, 9.17) is 10.8 Å². The van der Waals surface area contributed by atoms with Crippen molar-refractivity contribution >= 4 is 23.6 Å². The van der Waals surface area contributed by atoms with Crippen molar-refractivity contribution in [2.24, 2.45) is 11.7 Å². The Balaban J connectivity index is 2.71. The summed E-state index contributed by atoms with van der Waals surface area (Å²) in [6, 6.07) is 5.78. The summed E-state index contributed by atoms with van der Waals surface area (Å²) in [6.45, 7) is 3.73. The molecular formula is C17H26N2O4S. The highest BCUT2D eigenvalue weighted by molar-refractivity contribution is 7.98. The number of aliphatic hydroxyl groups is 1. The Labute approximate surface area is 146 Å². The number of hydrogen-bond acceptors (Lipinski definition) is 5. The Morgan fingerprint density at radius 2 is 1.92 bits per heavy atom. The molecule has 134 valence electrons. The first kappa shape index (κ1) is 20.5. The lowest BCUT2D eigenvalue weighted by molar-refractivity contribution is -0.144. The van der Waals surface area contributed by atoms with Crippen molar-refractivity contribution in [3.63, 3.8) is 0 Å². The maximum absolute atomic E-state index is 12.1. The number of carboxylic acids is 1. The zero-order valence-corrected chi connectivity index (χ0v) is 15.0. The second kappa shape index (κ2) is 9.66. The van der Waals surface area contributed by atoms with Gasteiger partial charge in [-0.2, -0.15) is 0 Å². The Bertz CT molecular complexity index is 565. The molecule has 0 fully saturated rings. The maximum Gasteiger partial charge on any atom is 0.326 e. The number of carbonyl (C=O) groups excluding carboxylic acids is 1. The van der Waals surface area contributed by atoms with Crippen LogP contribution >= 0.6 is 11.8 Å². The summed E-state index contributed by atoms with van der Waals surface area (Å²) >= 11 is 1.56. The topological polar surface area (TPSA) is 113 Å². The minimum absolute atomic E-state index is 0.102. The van der Waals surface area contributed by atoms with Gasteiger partial charge in [0, 0.05) is 10.9 Å². The van der Waals surface area contributed by atoms with Crippen molar-refractivity contribution in [1.29, 1.82) is 0 Å². The van der Waals surface area contributed by atoms with E-state index in [0.717, 1.165) is 10.5 Å². The lowest BCUT2D eigenvalue weighted by atomic mass is 10.00. The number of nitrogens with one attached hydrogen (secondary N) is 1. The number of aliphatic carboxylic acids is 1. The average molecular weight is 354 g/mol. The molecule has 0 saturated carbocycles. The number of nitrogens with two attached hydrogens (primary N) is 1. The molecule has 1 rings (SSSR count). The number of hydrogen-bond donors (Lipinski definition) is 4. The third kappa shape index (κ3) is 6.14. The van der Waals surface area contributed by atoms with Crippen LogP contribution in [-0.2, 0) is 16.0 Å². The van der Waals surface area contributed by atoms with Crippen molar-refractivity contribution in [2.45, 2.75) is 49.8 Å². The third-order valence-corrected chi connectivity index (χ3v) is 4.48. The van der Waals surface area contributed by atoms with Crippen LogP contribution in [0.5, 0.6) is 0 Å². The molecule has 1 aromatic carbocycles. The fraction of sp³-hybridized carbons (Fsp3) is 0.529. The molecule has 1 aromatic rings. The highest BCUT2D eigenvalue weighted by Crippen LogP contribution is 2.21. The Hall–Kier alpha value is -1.57. The van der Waals surface area contributed by atoms with Gasteiger partial charge in [-0.1, -0.05) is 32.0 Å². The van der Waals surface area contributed by atoms with Crippen LogP contribution in [0.15, 0.2) is 29.2 Å². The van der Waals surface area contributed by atoms with Crippen LogP contribution in [0.1, 0.15) is 25.8 Å². The molecule has 7 heteroatoms. The summed E-state index contributed by atoms with van der Waals surface area (Å²) in [7, 11) is 0. The number of rotatable bonds is 9. The lowest BCUT2D eigenvalue weighted by Gasteiger charge is -2.22. The van der Waals surface area contributed by atoms with Gasteiger partial charge in [0.15, 0.2) is 0 Å². The Morgan fingerprint density at radius 3 is 2.46 bits per heavy atom. The molecule has 0 aliphatic rings. The monoisotopic (exact) mass is 354 g/mol. The second-order valence-electron chi connectivity index (χ2n) is 6.15. The van der Waals surface area contributed by atoms with Gasteiger partial charge in [0.05, 0.1) is 0 Å². The van der Waals surface area contributed by atoms with E-state index in [1.165, 1.54) is 0 Å². The molecule has 0 aliphatic carbocycles. The maximum atomic E-state index is 12.1. The SMILES string of the molecule is CSc1ccccc1C[C@@H](N)[C@@H](O)C(=O)N[C@@H](CC(C)C)C(=O)O. The summed E-state index contributed by atoms with van der Waals surface area (Å²) in [6.07, 6.45) is 1.09. The molecule has 5 N–H and O–H groups in total. The molecule has 0 aliphatic heterocycles. The molecule has 0 heterocycles. The van der Waals surface area contributed by atoms with Gasteiger partial charge in [-0.15, -0.1) is 11.8 Å². The van der Waals surface area contributed by atoms with E-state index in [-0.39, 0.29) is 5.92 Å². The molecule has 1 amide bonds. The van der Waals surface area contributed by atoms with Crippen molar-refractivity contribution < 1.29 is 19.8 Å². The van der Waals surface area contributed by atoms with Crippen LogP contribution in [0, 0.1) is 5.92 Å². The van der Waals surface area contributed by atoms with Crippen molar-refractivity contribution in [2.75, 3.05) is 6.26 Å². The van der Waals surface area contributed by atoms with Gasteiger partial charge < -0.3 is 21.3 Å². The van der Waals surface area contributed by atoms with Crippen LogP contribution < -0.4 is 11.1 Å². The van der Waals surface area contributed by atoms with Gasteiger partial charge >= 0.3 is 5.97 Å².